The van der Waals surface area contributed by atoms with Crippen molar-refractivity contribution in [3.05, 3.63) is 59.1 Å². The second kappa shape index (κ2) is 11.1. The molecule has 2 rings (SSSR count). The molecule has 0 heterocycles. The molecule has 150 valence electrons. The average molecular weight is 411 g/mol. The number of amides is 1. The maximum absolute atomic E-state index is 12.5. The van der Waals surface area contributed by atoms with E-state index in [2.05, 4.69) is 25.7 Å². The first kappa shape index (κ1) is 21.4. The number of ether oxygens (including phenoxy) is 1. The van der Waals surface area contributed by atoms with Crippen LogP contribution in [0, 0.1) is 0 Å². The third-order valence-corrected chi connectivity index (χ3v) is 3.70. The lowest BCUT2D eigenvalue weighted by Gasteiger charge is -2.13. The van der Waals surface area contributed by atoms with E-state index in [1.54, 1.807) is 12.1 Å². The van der Waals surface area contributed by atoms with Crippen LogP contribution in [0.3, 0.4) is 0 Å². The largest absolute Gasteiger partial charge is 0.434 e. The molecule has 0 aromatic heterocycles. The summed E-state index contributed by atoms with van der Waals surface area (Å²) in [5.41, 5.74) is 1.09. The van der Waals surface area contributed by atoms with Crippen LogP contribution in [-0.4, -0.2) is 31.6 Å². The second-order valence-corrected chi connectivity index (χ2v) is 6.03. The minimum atomic E-state index is -2.95. The second-order valence-electron chi connectivity index (χ2n) is 5.59. The van der Waals surface area contributed by atoms with Crippen molar-refractivity contribution in [1.29, 1.82) is 0 Å². The summed E-state index contributed by atoms with van der Waals surface area (Å²) in [5.74, 6) is 0.107. The highest BCUT2D eigenvalue weighted by atomic mass is 35.5. The van der Waals surface area contributed by atoms with E-state index in [1.807, 2.05) is 25.1 Å². The molecule has 0 atom stereocenters. The van der Waals surface area contributed by atoms with E-state index in [-0.39, 0.29) is 24.7 Å². The Morgan fingerprint density at radius 1 is 1.18 bits per heavy atom. The summed E-state index contributed by atoms with van der Waals surface area (Å²) in [4.78, 5) is 16.3. The van der Waals surface area contributed by atoms with Gasteiger partial charge in [-0.3, -0.25) is 4.79 Å². The summed E-state index contributed by atoms with van der Waals surface area (Å²) in [6.07, 6.45) is 0. The molecular weight excluding hydrogens is 390 g/mol. The molecule has 1 amide bonds. The highest BCUT2D eigenvalue weighted by Gasteiger charge is 2.11. The number of para-hydroxylation sites is 1. The monoisotopic (exact) mass is 410 g/mol. The van der Waals surface area contributed by atoms with Crippen molar-refractivity contribution in [3.63, 3.8) is 0 Å². The molecule has 6 nitrogen and oxygen atoms in total. The lowest BCUT2D eigenvalue weighted by atomic mass is 10.2. The summed E-state index contributed by atoms with van der Waals surface area (Å²) >= 11 is 5.93. The van der Waals surface area contributed by atoms with E-state index in [1.165, 1.54) is 18.2 Å². The average Bonchev–Trinajstić information content (AvgIpc) is 2.66. The fourth-order valence-corrected chi connectivity index (χ4v) is 2.47. The minimum absolute atomic E-state index is 0.000758. The van der Waals surface area contributed by atoms with Gasteiger partial charge in [-0.15, -0.1) is 0 Å². The quantitative estimate of drug-likeness (QED) is 0.459. The molecule has 2 aromatic carbocycles. The number of aliphatic imine (C=N–C) groups is 1. The first-order valence-electron chi connectivity index (χ1n) is 8.58. The topological polar surface area (TPSA) is 74.8 Å². The van der Waals surface area contributed by atoms with Gasteiger partial charge in [0.25, 0.3) is 0 Å². The third-order valence-electron chi connectivity index (χ3n) is 3.46. The number of benzene rings is 2. The number of anilines is 1. The normalized spacial score (nSPS) is 11.2. The first-order valence-corrected chi connectivity index (χ1v) is 8.96. The van der Waals surface area contributed by atoms with Crippen molar-refractivity contribution in [2.24, 2.45) is 4.99 Å². The van der Waals surface area contributed by atoms with E-state index in [9.17, 15) is 13.6 Å². The molecule has 0 aliphatic heterocycles. The van der Waals surface area contributed by atoms with Gasteiger partial charge in [0.1, 0.15) is 5.75 Å². The molecular formula is C19H21ClF2N4O2. The minimum Gasteiger partial charge on any atom is -0.434 e. The number of halogens is 3. The van der Waals surface area contributed by atoms with Gasteiger partial charge in [0.2, 0.25) is 5.91 Å². The Morgan fingerprint density at radius 2 is 1.93 bits per heavy atom. The van der Waals surface area contributed by atoms with Crippen LogP contribution >= 0.6 is 11.6 Å². The predicted octanol–water partition coefficient (Wildman–Crippen LogP) is 3.64. The Bertz CT molecular complexity index is 804. The Hall–Kier alpha value is -2.87. The molecule has 9 heteroatoms. The zero-order valence-corrected chi connectivity index (χ0v) is 16.0. The molecule has 0 spiro atoms. The van der Waals surface area contributed by atoms with Crippen molar-refractivity contribution >= 4 is 29.2 Å². The van der Waals surface area contributed by atoms with E-state index < -0.39 is 6.61 Å². The van der Waals surface area contributed by atoms with Crippen LogP contribution in [0.25, 0.3) is 0 Å². The van der Waals surface area contributed by atoms with Crippen LogP contribution in [-0.2, 0) is 11.3 Å². The number of nitrogens with zero attached hydrogens (tertiary/aromatic N) is 1. The number of guanidine groups is 1. The van der Waals surface area contributed by atoms with Crippen molar-refractivity contribution in [2.45, 2.75) is 20.1 Å². The Labute approximate surface area is 166 Å². The standard InChI is InChI=1S/C19H21ClF2N4O2/c1-2-23-19(25-12-17(27)26-15-6-4-3-5-7-15)24-11-13-10-14(20)8-9-16(13)28-18(21)22/h3-10,18H,2,11-12H2,1H3,(H,26,27)(H2,23,24,25). The van der Waals surface area contributed by atoms with E-state index in [4.69, 9.17) is 11.6 Å². The SMILES string of the molecule is CCNC(=NCc1cc(Cl)ccc1OC(F)F)NCC(=O)Nc1ccccc1. The summed E-state index contributed by atoms with van der Waals surface area (Å²) in [7, 11) is 0. The number of hydrogen-bond donors (Lipinski definition) is 3. The summed E-state index contributed by atoms with van der Waals surface area (Å²) in [5, 5.41) is 9.00. The van der Waals surface area contributed by atoms with Crippen molar-refractivity contribution in [1.82, 2.24) is 10.6 Å². The van der Waals surface area contributed by atoms with E-state index in [0.717, 1.165) is 0 Å². The molecule has 0 radical (unpaired) electrons. The number of carbonyl (C=O) groups excluding carboxylic acids is 1. The highest BCUT2D eigenvalue weighted by molar-refractivity contribution is 6.30. The fourth-order valence-electron chi connectivity index (χ4n) is 2.28. The number of rotatable bonds is 8. The number of carbonyl (C=O) groups is 1. The van der Waals surface area contributed by atoms with Gasteiger partial charge in [-0.05, 0) is 37.3 Å². The Kier molecular flexibility index (Phi) is 8.48. The van der Waals surface area contributed by atoms with Gasteiger partial charge in [-0.2, -0.15) is 8.78 Å². The summed E-state index contributed by atoms with van der Waals surface area (Å²) < 4.78 is 29.6. The summed E-state index contributed by atoms with van der Waals surface area (Å²) in [6.45, 7) is -0.500. The smallest absolute Gasteiger partial charge is 0.387 e. The zero-order valence-electron chi connectivity index (χ0n) is 15.2. The van der Waals surface area contributed by atoms with Crippen molar-refractivity contribution < 1.29 is 18.3 Å². The molecule has 0 unspecified atom stereocenters. The van der Waals surface area contributed by atoms with Crippen LogP contribution in [0.5, 0.6) is 5.75 Å². The van der Waals surface area contributed by atoms with Gasteiger partial charge in [-0.25, -0.2) is 4.99 Å². The molecule has 0 bridgehead atoms. The van der Waals surface area contributed by atoms with Gasteiger partial charge in [-0.1, -0.05) is 29.8 Å². The van der Waals surface area contributed by atoms with Crippen LogP contribution in [0.4, 0.5) is 14.5 Å². The van der Waals surface area contributed by atoms with Crippen molar-refractivity contribution in [2.75, 3.05) is 18.4 Å². The third kappa shape index (κ3) is 7.40. The van der Waals surface area contributed by atoms with Crippen LogP contribution < -0.4 is 20.7 Å². The predicted molar refractivity (Wildman–Crippen MR) is 106 cm³/mol. The van der Waals surface area contributed by atoms with Gasteiger partial charge >= 0.3 is 6.61 Å². The molecule has 2 aromatic rings. The van der Waals surface area contributed by atoms with Gasteiger partial charge in [0.05, 0.1) is 13.1 Å². The van der Waals surface area contributed by atoms with E-state index >= 15 is 0 Å². The Morgan fingerprint density at radius 3 is 2.61 bits per heavy atom. The number of nitrogens with one attached hydrogen (secondary N) is 3. The molecule has 28 heavy (non-hydrogen) atoms. The lowest BCUT2D eigenvalue weighted by molar-refractivity contribution is -0.115. The van der Waals surface area contributed by atoms with Crippen LogP contribution in [0.2, 0.25) is 5.02 Å². The van der Waals surface area contributed by atoms with Crippen LogP contribution in [0.15, 0.2) is 53.5 Å². The van der Waals surface area contributed by atoms with Gasteiger partial charge in [0, 0.05) is 22.8 Å². The molecule has 0 fully saturated rings. The Balaban J connectivity index is 2.00. The molecule has 0 saturated carbocycles. The number of hydrogen-bond acceptors (Lipinski definition) is 3. The summed E-state index contributed by atoms with van der Waals surface area (Å²) in [6, 6.07) is 13.4. The fraction of sp³-hybridized carbons (Fsp3) is 0.263. The van der Waals surface area contributed by atoms with Gasteiger partial charge in [0.15, 0.2) is 5.96 Å². The highest BCUT2D eigenvalue weighted by Crippen LogP contribution is 2.25. The van der Waals surface area contributed by atoms with Gasteiger partial charge < -0.3 is 20.7 Å². The lowest BCUT2D eigenvalue weighted by Crippen LogP contribution is -2.41. The molecule has 0 aliphatic carbocycles. The molecule has 0 aliphatic rings. The molecule has 0 saturated heterocycles. The molecule has 3 N–H and O–H groups in total. The maximum Gasteiger partial charge on any atom is 0.387 e. The number of alkyl halides is 2. The van der Waals surface area contributed by atoms with Crippen molar-refractivity contribution in [3.8, 4) is 5.75 Å². The van der Waals surface area contributed by atoms with Crippen LogP contribution in [0.1, 0.15) is 12.5 Å². The zero-order chi connectivity index (χ0) is 20.4. The maximum atomic E-state index is 12.5. The van der Waals surface area contributed by atoms with E-state index in [0.29, 0.717) is 28.8 Å². The first-order chi connectivity index (χ1) is 13.5.